The summed E-state index contributed by atoms with van der Waals surface area (Å²) < 4.78 is 0. The number of urea groups is 1. The molecule has 0 aromatic heterocycles. The average Bonchev–Trinajstić information content (AvgIpc) is 0.787. The van der Waals surface area contributed by atoms with Gasteiger partial charge in [-0.3, -0.25) is 83.0 Å². The number of anilines is 3. The molecule has 0 aliphatic carbocycles. The van der Waals surface area contributed by atoms with Crippen LogP contribution in [0, 0.1) is 0 Å². The van der Waals surface area contributed by atoms with Crippen molar-refractivity contribution in [3.8, 4) is 0 Å². The Morgan fingerprint density at radius 3 is 1.44 bits per heavy atom. The smallest absolute Gasteiger partial charge is 0.326 e. The van der Waals surface area contributed by atoms with Gasteiger partial charge >= 0.3 is 29.9 Å². The number of aliphatic carboxylic acids is 4. The molecule has 0 saturated heterocycles. The van der Waals surface area contributed by atoms with E-state index < -0.39 is 102 Å². The van der Waals surface area contributed by atoms with Gasteiger partial charge in [0.25, 0.3) is 16.8 Å². The van der Waals surface area contributed by atoms with Gasteiger partial charge in [-0.2, -0.15) is 0 Å². The van der Waals surface area contributed by atoms with Crippen molar-refractivity contribution in [3.05, 3.63) is 50.3 Å². The van der Waals surface area contributed by atoms with Gasteiger partial charge in [-0.05, 0) is 115 Å². The summed E-state index contributed by atoms with van der Waals surface area (Å²) in [5.74, 6) is -9.36. The van der Waals surface area contributed by atoms with E-state index in [1.54, 1.807) is 0 Å². The molecule has 35 nitrogen and oxygen atoms in total. The van der Waals surface area contributed by atoms with Gasteiger partial charge in [-0.25, -0.2) is 29.6 Å². The number of benzene rings is 1. The molecule has 0 heterocycles. The fraction of sp³-hybridized carbons (Fsp3) is 0.619. The molecule has 8 amide bonds. The third-order valence-corrected chi connectivity index (χ3v) is 15.1. The highest BCUT2D eigenvalue weighted by Crippen LogP contribution is 2.16. The van der Waals surface area contributed by atoms with Crippen LogP contribution in [0.2, 0.25) is 0 Å². The molecular formula is C63H96N12O23. The molecule has 0 radical (unpaired) electrons. The van der Waals surface area contributed by atoms with E-state index in [0.29, 0.717) is 92.4 Å². The van der Waals surface area contributed by atoms with E-state index in [2.05, 4.69) is 37.2 Å². The number of hydroxylamine groups is 6. The minimum atomic E-state index is -1.41. The highest BCUT2D eigenvalue weighted by molar-refractivity contribution is 5.96. The number of carboxylic acid groups (broad SMARTS) is 4. The maximum absolute atomic E-state index is 13.1. The summed E-state index contributed by atoms with van der Waals surface area (Å²) in [4.78, 5) is 196. The number of carbonyl (C=O) groups is 14. The van der Waals surface area contributed by atoms with Crippen LogP contribution in [0.4, 0.5) is 21.9 Å². The normalized spacial score (nSPS) is 11.6. The highest BCUT2D eigenvalue weighted by atomic mass is 16.5. The quantitative estimate of drug-likeness (QED) is 0.0193. The van der Waals surface area contributed by atoms with Gasteiger partial charge in [0, 0.05) is 122 Å². The molecule has 35 heteroatoms. The molecule has 2 aromatic rings. The summed E-state index contributed by atoms with van der Waals surface area (Å²) in [6.07, 6.45) is 5.45. The van der Waals surface area contributed by atoms with Crippen molar-refractivity contribution in [1.29, 1.82) is 0 Å². The number of unbranched alkanes of at least 4 members (excludes halogenated alkanes) is 8. The zero-order valence-electron chi connectivity index (χ0n) is 55.6. The Morgan fingerprint density at radius 1 is 0.429 bits per heavy atom. The zero-order valence-corrected chi connectivity index (χ0v) is 55.6. The van der Waals surface area contributed by atoms with Crippen LogP contribution in [0.25, 0.3) is 0 Å². The molecule has 2 unspecified atom stereocenters. The maximum atomic E-state index is 13.1. The molecule has 0 aliphatic heterocycles. The Labute approximate surface area is 565 Å². The molecule has 546 valence electrons. The Bertz CT molecular complexity index is 3050. The molecule has 0 aliphatic rings. The summed E-state index contributed by atoms with van der Waals surface area (Å²) in [5, 5.41) is 87.4. The number of ketones is 3. The number of rotatable bonds is 56. The fourth-order valence-corrected chi connectivity index (χ4v) is 9.61. The molecule has 98 heavy (non-hydrogen) atoms. The number of hydrogen-bond donors (Lipinski definition) is 14. The minimum absolute atomic E-state index is 0.00859. The SMILES string of the molecule is CC(=O)CCC(NC(=O)NC(CCCCNC(=O)c1ccc(NC(=O)CN(CCN(CC(=O)O)CC(=O)CCCNc2c(NCCCCCN(O)C(=O)CCC(=O)CCCCCCN(O)C(=O)CCC(=O)NCCCCCN(O)C(C)=O)c(=O)c2=O)CC(=O)O)cc1)C(=O)O)C(=O)O. The summed E-state index contributed by atoms with van der Waals surface area (Å²) in [6.45, 7) is 1.28. The van der Waals surface area contributed by atoms with Crippen LogP contribution in [0.15, 0.2) is 33.9 Å². The maximum Gasteiger partial charge on any atom is 0.326 e. The number of carbonyl (C=O) groups excluding carboxylic acids is 10. The van der Waals surface area contributed by atoms with Crippen molar-refractivity contribution in [3.63, 3.8) is 0 Å². The first kappa shape index (κ1) is 84.8. The largest absolute Gasteiger partial charge is 0.480 e. The van der Waals surface area contributed by atoms with Crippen molar-refractivity contribution >= 4 is 99.8 Å². The first-order chi connectivity index (χ1) is 46.5. The van der Waals surface area contributed by atoms with Crippen LogP contribution in [-0.4, -0.2) is 241 Å². The van der Waals surface area contributed by atoms with Crippen LogP contribution >= 0.6 is 0 Å². The van der Waals surface area contributed by atoms with E-state index in [9.17, 15) is 113 Å². The van der Waals surface area contributed by atoms with Crippen LogP contribution < -0.4 is 48.1 Å². The van der Waals surface area contributed by atoms with Crippen molar-refractivity contribution < 1.29 is 103 Å². The first-order valence-electron chi connectivity index (χ1n) is 32.6. The van der Waals surface area contributed by atoms with E-state index in [0.717, 1.165) is 0 Å². The minimum Gasteiger partial charge on any atom is -0.480 e. The second-order valence-corrected chi connectivity index (χ2v) is 23.5. The van der Waals surface area contributed by atoms with Crippen LogP contribution in [0.5, 0.6) is 0 Å². The van der Waals surface area contributed by atoms with Gasteiger partial charge in [-0.1, -0.05) is 12.8 Å². The molecule has 0 fully saturated rings. The Balaban J connectivity index is 1.66. The lowest BCUT2D eigenvalue weighted by atomic mass is 10.1. The second-order valence-electron chi connectivity index (χ2n) is 23.5. The third-order valence-electron chi connectivity index (χ3n) is 15.1. The molecule has 0 bridgehead atoms. The summed E-state index contributed by atoms with van der Waals surface area (Å²) in [5.41, 5.74) is -0.983. The number of Topliss-reactive ketones (excluding diaryl/α,β-unsaturated/α-hetero) is 3. The molecule has 2 rings (SSSR count). The summed E-state index contributed by atoms with van der Waals surface area (Å²) in [7, 11) is 0. The number of nitrogens with zero attached hydrogens (tertiary/aromatic N) is 5. The van der Waals surface area contributed by atoms with E-state index in [4.69, 9.17) is 0 Å². The van der Waals surface area contributed by atoms with Crippen molar-refractivity contribution in [2.45, 2.75) is 167 Å². The molecule has 2 aromatic carbocycles. The predicted molar refractivity (Wildman–Crippen MR) is 350 cm³/mol. The summed E-state index contributed by atoms with van der Waals surface area (Å²) in [6, 6.07) is 1.81. The van der Waals surface area contributed by atoms with E-state index in [1.165, 1.54) is 47.9 Å². The molecule has 0 saturated carbocycles. The van der Waals surface area contributed by atoms with Gasteiger partial charge in [-0.15, -0.1) is 0 Å². The monoisotopic (exact) mass is 1390 g/mol. The van der Waals surface area contributed by atoms with Crippen LogP contribution in [0.1, 0.15) is 165 Å². The van der Waals surface area contributed by atoms with Gasteiger partial charge in [0.05, 0.1) is 26.2 Å². The molecule has 2 atom stereocenters. The standard InChI is InChI=1S/C63H96N12O23/c1-42(76)19-25-49(62(93)94)70-63(95)69-48(61(91)92)18-8-11-31-67-60(90)44-20-22-45(23-21-44)68-51(81)39-72(41-55(86)87)37-36-71(40-54(84)85)38-47(79)17-15-32-66-57-56(58(88)59(57)89)65-30-10-6-14-35-74(97)52(82)27-24-46(78)16-7-3-4-12-34-75(98)53(83)28-26-50(80)64-29-9-5-13-33-73(96)43(2)77/h20-23,48-49,65-66,96-98H,3-19,24-41H2,1-2H3,(H,64,80)(H,67,90)(H,68,81)(H,84,85)(H,86,87)(H,91,92)(H,93,94)(H2,69,70,95). The van der Waals surface area contributed by atoms with Crippen molar-refractivity contribution in [1.82, 2.24) is 46.3 Å². The first-order valence-corrected chi connectivity index (χ1v) is 32.6. The predicted octanol–water partition coefficient (Wildman–Crippen LogP) is 1.55. The summed E-state index contributed by atoms with van der Waals surface area (Å²) >= 11 is 0. The lowest BCUT2D eigenvalue weighted by Gasteiger charge is -2.25. The third kappa shape index (κ3) is 37.3. The zero-order chi connectivity index (χ0) is 73.1. The Hall–Kier alpha value is -9.32. The van der Waals surface area contributed by atoms with Crippen LogP contribution in [-0.2, 0) is 57.5 Å². The van der Waals surface area contributed by atoms with E-state index in [1.807, 2.05) is 0 Å². The van der Waals surface area contributed by atoms with Gasteiger partial charge < -0.3 is 62.4 Å². The number of nitrogens with one attached hydrogen (secondary N) is 7. The Kier molecular flexibility index (Phi) is 41.1. The number of carboxylic acids is 4. The lowest BCUT2D eigenvalue weighted by Crippen LogP contribution is -2.51. The topological polar surface area (TPSA) is 515 Å². The van der Waals surface area contributed by atoms with Gasteiger partial charge in [0.15, 0.2) is 0 Å². The lowest BCUT2D eigenvalue weighted by molar-refractivity contribution is -0.166. The van der Waals surface area contributed by atoms with Crippen molar-refractivity contribution in [2.75, 3.05) is 101 Å². The van der Waals surface area contributed by atoms with Gasteiger partial charge in [0.1, 0.15) is 40.8 Å². The van der Waals surface area contributed by atoms with Crippen molar-refractivity contribution in [2.24, 2.45) is 0 Å². The molecular weight excluding hydrogens is 1290 g/mol. The molecule has 14 N–H and O–H groups in total. The second kappa shape index (κ2) is 47.6. The number of hydrogen-bond acceptors (Lipinski definition) is 23. The van der Waals surface area contributed by atoms with E-state index in [-0.39, 0.29) is 175 Å². The Morgan fingerprint density at radius 2 is 0.898 bits per heavy atom. The number of amides is 8. The fourth-order valence-electron chi connectivity index (χ4n) is 9.61. The van der Waals surface area contributed by atoms with E-state index >= 15 is 0 Å². The van der Waals surface area contributed by atoms with Crippen LogP contribution in [0.3, 0.4) is 0 Å². The molecule has 0 spiro atoms. The van der Waals surface area contributed by atoms with Gasteiger partial charge in [0.2, 0.25) is 29.5 Å². The average molecular weight is 1390 g/mol. The highest BCUT2D eigenvalue weighted by Gasteiger charge is 2.26.